The number of nitrogens with zero attached hydrogens (tertiary/aromatic N) is 2. The number of carbonyl (C=O) groups is 4. The minimum atomic E-state index is -1.22. The molecule has 0 spiro atoms. The molecule has 212 valence electrons. The van der Waals surface area contributed by atoms with Gasteiger partial charge in [0.05, 0.1) is 22.7 Å². The number of rotatable bonds is 9. The van der Waals surface area contributed by atoms with Crippen molar-refractivity contribution in [3.63, 3.8) is 0 Å². The molecule has 3 amide bonds. The number of nitro groups is 1. The Morgan fingerprint density at radius 1 is 0.952 bits per heavy atom. The molecule has 1 aliphatic rings. The predicted molar refractivity (Wildman–Crippen MR) is 157 cm³/mol. The van der Waals surface area contributed by atoms with Gasteiger partial charge >= 0.3 is 5.97 Å². The van der Waals surface area contributed by atoms with E-state index >= 15 is 0 Å². The highest BCUT2D eigenvalue weighted by Crippen LogP contribution is 2.41. The number of nitrogens with one attached hydrogen (secondary N) is 1. The van der Waals surface area contributed by atoms with Crippen LogP contribution in [0.4, 0.5) is 10.7 Å². The van der Waals surface area contributed by atoms with Gasteiger partial charge in [0.25, 0.3) is 17.5 Å². The van der Waals surface area contributed by atoms with Gasteiger partial charge in [-0.25, -0.2) is 4.79 Å². The van der Waals surface area contributed by atoms with E-state index in [1.54, 1.807) is 62.4 Å². The molecular weight excluding hydrogens is 558 g/mol. The van der Waals surface area contributed by atoms with Crippen molar-refractivity contribution in [3.8, 4) is 11.1 Å². The molecule has 1 atom stereocenters. The number of aryl methyl sites for hydroxylation is 1. The standard InChI is InChI=1S/C31H25N3O7S/c1-3-41-31(38)26-25(20-13-15-21(16-14-20)34(39)40)18(2)42-28(26)32-27(35)24(17-19-9-5-4-6-10-19)33-29(36)22-11-7-8-12-23(22)30(33)37/h4-16,24H,3,17H2,1-2H3,(H,32,35). The minimum Gasteiger partial charge on any atom is -0.462 e. The molecule has 1 N–H and O–H groups in total. The zero-order valence-electron chi connectivity index (χ0n) is 22.7. The molecular formula is C31H25N3O7S. The number of thiophene rings is 1. The second-order valence-electron chi connectivity index (χ2n) is 9.48. The molecule has 2 heterocycles. The molecule has 11 heteroatoms. The number of amides is 3. The van der Waals surface area contributed by atoms with E-state index in [4.69, 9.17) is 4.74 Å². The van der Waals surface area contributed by atoms with Gasteiger partial charge in [0.2, 0.25) is 5.91 Å². The van der Waals surface area contributed by atoms with Crippen molar-refractivity contribution in [1.29, 1.82) is 0 Å². The Morgan fingerprint density at radius 3 is 2.12 bits per heavy atom. The minimum absolute atomic E-state index is 0.0481. The van der Waals surface area contributed by atoms with Crippen molar-refractivity contribution in [2.45, 2.75) is 26.3 Å². The first-order chi connectivity index (χ1) is 20.2. The fourth-order valence-electron chi connectivity index (χ4n) is 4.95. The first-order valence-electron chi connectivity index (χ1n) is 13.1. The van der Waals surface area contributed by atoms with Crippen LogP contribution < -0.4 is 5.32 Å². The normalized spacial score (nSPS) is 13.0. The van der Waals surface area contributed by atoms with Gasteiger partial charge in [-0.1, -0.05) is 42.5 Å². The molecule has 10 nitrogen and oxygen atoms in total. The lowest BCUT2D eigenvalue weighted by atomic mass is 10.0. The van der Waals surface area contributed by atoms with Crippen LogP contribution >= 0.6 is 11.3 Å². The van der Waals surface area contributed by atoms with E-state index in [-0.39, 0.29) is 40.4 Å². The van der Waals surface area contributed by atoms with Crippen molar-refractivity contribution >= 4 is 45.7 Å². The summed E-state index contributed by atoms with van der Waals surface area (Å²) in [6.45, 7) is 3.48. The van der Waals surface area contributed by atoms with Gasteiger partial charge in [0.1, 0.15) is 16.6 Å². The molecule has 4 aromatic rings. The Labute approximate surface area is 244 Å². The van der Waals surface area contributed by atoms with Crippen LogP contribution in [0.15, 0.2) is 78.9 Å². The van der Waals surface area contributed by atoms with Gasteiger partial charge in [-0.3, -0.25) is 29.4 Å². The maximum Gasteiger partial charge on any atom is 0.341 e. The molecule has 1 aliphatic heterocycles. The summed E-state index contributed by atoms with van der Waals surface area (Å²) in [7, 11) is 0. The van der Waals surface area contributed by atoms with Crippen LogP contribution in [-0.4, -0.2) is 46.2 Å². The van der Waals surface area contributed by atoms with Crippen molar-refractivity contribution in [3.05, 3.63) is 116 Å². The Morgan fingerprint density at radius 2 is 1.55 bits per heavy atom. The Kier molecular flexibility index (Phi) is 7.94. The second kappa shape index (κ2) is 11.8. The second-order valence-corrected chi connectivity index (χ2v) is 10.7. The van der Waals surface area contributed by atoms with Crippen LogP contribution in [0, 0.1) is 17.0 Å². The number of anilines is 1. The summed E-state index contributed by atoms with van der Waals surface area (Å²) in [4.78, 5) is 66.2. The molecule has 0 bridgehead atoms. The van der Waals surface area contributed by atoms with Crippen LogP contribution in [0.2, 0.25) is 0 Å². The number of carbonyl (C=O) groups excluding carboxylic acids is 4. The maximum absolute atomic E-state index is 14.0. The number of nitro benzene ring substituents is 1. The third kappa shape index (κ3) is 5.29. The molecule has 1 aromatic heterocycles. The van der Waals surface area contributed by atoms with Gasteiger partial charge in [-0.2, -0.15) is 0 Å². The van der Waals surface area contributed by atoms with Crippen LogP contribution in [-0.2, 0) is 16.0 Å². The lowest BCUT2D eigenvalue weighted by Gasteiger charge is -2.25. The Bertz CT molecular complexity index is 1680. The number of imide groups is 1. The maximum atomic E-state index is 14.0. The van der Waals surface area contributed by atoms with Crippen LogP contribution in [0.25, 0.3) is 11.1 Å². The number of ether oxygens (including phenoxy) is 1. The van der Waals surface area contributed by atoms with Crippen LogP contribution in [0.5, 0.6) is 0 Å². The molecule has 1 unspecified atom stereocenters. The number of esters is 1. The smallest absolute Gasteiger partial charge is 0.341 e. The molecule has 0 aliphatic carbocycles. The summed E-state index contributed by atoms with van der Waals surface area (Å²) in [5.74, 6) is -2.50. The van der Waals surface area contributed by atoms with Crippen molar-refractivity contribution in [2.75, 3.05) is 11.9 Å². The molecule has 0 fully saturated rings. The summed E-state index contributed by atoms with van der Waals surface area (Å²) in [6.07, 6.45) is 0.0481. The molecule has 3 aromatic carbocycles. The molecule has 0 saturated carbocycles. The third-order valence-corrected chi connectivity index (χ3v) is 7.90. The first-order valence-corrected chi connectivity index (χ1v) is 13.9. The number of fused-ring (bicyclic) bond motifs is 1. The van der Waals surface area contributed by atoms with E-state index in [9.17, 15) is 29.3 Å². The lowest BCUT2D eigenvalue weighted by molar-refractivity contribution is -0.384. The van der Waals surface area contributed by atoms with E-state index in [0.29, 0.717) is 16.0 Å². The largest absolute Gasteiger partial charge is 0.462 e. The van der Waals surface area contributed by atoms with E-state index in [2.05, 4.69) is 5.32 Å². The lowest BCUT2D eigenvalue weighted by Crippen LogP contribution is -2.48. The van der Waals surface area contributed by atoms with Crippen LogP contribution in [0.3, 0.4) is 0 Å². The number of hydrogen-bond donors (Lipinski definition) is 1. The fraction of sp³-hybridized carbons (Fsp3) is 0.161. The average Bonchev–Trinajstić information content (AvgIpc) is 3.44. The molecule has 0 saturated heterocycles. The topological polar surface area (TPSA) is 136 Å². The summed E-state index contributed by atoms with van der Waals surface area (Å²) in [5.41, 5.74) is 2.13. The van der Waals surface area contributed by atoms with E-state index in [1.165, 1.54) is 24.3 Å². The summed E-state index contributed by atoms with van der Waals surface area (Å²) in [6, 6.07) is 19.9. The van der Waals surface area contributed by atoms with Gasteiger partial charge in [-0.05, 0) is 49.2 Å². The highest BCUT2D eigenvalue weighted by molar-refractivity contribution is 7.17. The quantitative estimate of drug-likeness (QED) is 0.116. The highest BCUT2D eigenvalue weighted by atomic mass is 32.1. The molecule has 42 heavy (non-hydrogen) atoms. The SMILES string of the molecule is CCOC(=O)c1c(NC(=O)C(Cc2ccccc2)N2C(=O)c3ccccc3C2=O)sc(C)c1-c1ccc([N+](=O)[O-])cc1. The van der Waals surface area contributed by atoms with E-state index in [1.807, 2.05) is 6.07 Å². The van der Waals surface area contributed by atoms with Crippen molar-refractivity contribution < 1.29 is 28.8 Å². The first kappa shape index (κ1) is 28.4. The van der Waals surface area contributed by atoms with Crippen LogP contribution in [0.1, 0.15) is 48.4 Å². The zero-order valence-corrected chi connectivity index (χ0v) is 23.5. The monoisotopic (exact) mass is 583 g/mol. The summed E-state index contributed by atoms with van der Waals surface area (Å²) in [5, 5.41) is 14.1. The third-order valence-electron chi connectivity index (χ3n) is 6.88. The zero-order chi connectivity index (χ0) is 30.0. The van der Waals surface area contributed by atoms with E-state index in [0.717, 1.165) is 21.8 Å². The van der Waals surface area contributed by atoms with Gasteiger partial charge in [0.15, 0.2) is 0 Å². The Balaban J connectivity index is 1.55. The van der Waals surface area contributed by atoms with E-state index < -0.39 is 34.7 Å². The highest BCUT2D eigenvalue weighted by Gasteiger charge is 2.43. The summed E-state index contributed by atoms with van der Waals surface area (Å²) >= 11 is 1.13. The van der Waals surface area contributed by atoms with Crippen molar-refractivity contribution in [1.82, 2.24) is 4.90 Å². The Hall–Kier alpha value is -5.16. The molecule has 0 radical (unpaired) electrons. The van der Waals surface area contributed by atoms with Gasteiger partial charge in [0, 0.05) is 29.0 Å². The summed E-state index contributed by atoms with van der Waals surface area (Å²) < 4.78 is 5.31. The van der Waals surface area contributed by atoms with Gasteiger partial charge in [-0.15, -0.1) is 11.3 Å². The van der Waals surface area contributed by atoms with Crippen molar-refractivity contribution in [2.24, 2.45) is 0 Å². The average molecular weight is 584 g/mol. The number of hydrogen-bond acceptors (Lipinski definition) is 8. The predicted octanol–water partition coefficient (Wildman–Crippen LogP) is 5.65. The number of benzene rings is 3. The number of non-ortho nitro benzene ring substituents is 1. The van der Waals surface area contributed by atoms with Gasteiger partial charge < -0.3 is 10.1 Å². The molecule has 5 rings (SSSR count). The fourth-order valence-corrected chi connectivity index (χ4v) is 6.02.